The predicted molar refractivity (Wildman–Crippen MR) is 296 cm³/mol. The molecule has 3 aliphatic rings. The second-order valence-corrected chi connectivity index (χ2v) is 24.1. The van der Waals surface area contributed by atoms with Crippen molar-refractivity contribution in [3.63, 3.8) is 0 Å². The molecule has 0 atom stereocenters. The van der Waals surface area contributed by atoms with Gasteiger partial charge in [0, 0.05) is 0 Å². The zero-order valence-electron chi connectivity index (χ0n) is 41.9. The van der Waals surface area contributed by atoms with Crippen LogP contribution in [0.15, 0.2) is 162 Å². The fraction of sp³-hybridized carbons (Fsp3) is 0.203. The molecule has 0 aliphatic carbocycles. The van der Waals surface area contributed by atoms with Crippen LogP contribution in [0.2, 0.25) is 0 Å². The molecule has 4 amide bonds. The van der Waals surface area contributed by atoms with Crippen molar-refractivity contribution in [1.29, 1.82) is 0 Å². The number of nitrogens with zero attached hydrogens (tertiary/aromatic N) is 2. The minimum absolute atomic E-state index is 0.0230. The molecular formula is C64H55N2O5OsP+. The molecule has 3 heterocycles. The summed E-state index contributed by atoms with van der Waals surface area (Å²) >= 11 is 1.71. The van der Waals surface area contributed by atoms with Crippen molar-refractivity contribution in [3.05, 3.63) is 195 Å². The van der Waals surface area contributed by atoms with Gasteiger partial charge in [0.25, 0.3) is 0 Å². The average Bonchev–Trinajstić information content (AvgIpc) is 3.86. The van der Waals surface area contributed by atoms with E-state index < -0.39 is 7.26 Å². The summed E-state index contributed by atoms with van der Waals surface area (Å²) in [5.74, 6) is -1.21. The molecule has 8 aromatic rings. The monoisotopic (exact) mass is 1150 g/mol. The number of carbonyl (C=O) groups is 4. The van der Waals surface area contributed by atoms with Crippen LogP contribution in [0, 0.1) is 16.2 Å². The molecule has 0 spiro atoms. The van der Waals surface area contributed by atoms with Crippen LogP contribution in [-0.4, -0.2) is 59.7 Å². The molecule has 7 nitrogen and oxygen atoms in total. The number of imide groups is 2. The number of carbonyl (C=O) groups excluding carboxylic acids is 4. The standard InChI is InChI=1S/C64H55N2O5P.Os/c1-8-19-41-31-53-57-49(61(67)65(63(53)69)34-38(3)4)30-28-48-56-52(33-54-58-50(62(68)66(64(54)70)35-39(5)6)29-27-47(60(56)58)55(41)59(48)57)51(32-43-37-71-36-42(43)20-9-2)40(7)72(44-21-13-10-14-22-44,45-23-15-11-16-24-45)46-25-17-12-18-26-46;/h8,10-33,38-39H,9,34-37H2,1-6H3;/q+1;. The van der Waals surface area contributed by atoms with Crippen LogP contribution in [0.25, 0.3) is 54.7 Å². The van der Waals surface area contributed by atoms with E-state index in [4.69, 9.17) is 4.74 Å². The molecule has 9 heteroatoms. The first-order valence-electron chi connectivity index (χ1n) is 25.2. The molecule has 0 N–H and O–H groups in total. The van der Waals surface area contributed by atoms with E-state index in [1.54, 1.807) is 17.9 Å². The third kappa shape index (κ3) is 7.57. The summed E-state index contributed by atoms with van der Waals surface area (Å²) in [4.78, 5) is 62.8. The Labute approximate surface area is 436 Å². The van der Waals surface area contributed by atoms with E-state index in [0.717, 1.165) is 87.8 Å². The van der Waals surface area contributed by atoms with Crippen LogP contribution in [0.5, 0.6) is 0 Å². The summed E-state index contributed by atoms with van der Waals surface area (Å²) in [5.41, 5.74) is 6.48. The summed E-state index contributed by atoms with van der Waals surface area (Å²) in [6.07, 6.45) is 9.34. The molecule has 1 saturated heterocycles. The first-order valence-corrected chi connectivity index (χ1v) is 28.3. The van der Waals surface area contributed by atoms with Crippen LogP contribution in [0.3, 0.4) is 0 Å². The Morgan fingerprint density at radius 1 is 0.603 bits per heavy atom. The van der Waals surface area contributed by atoms with Crippen LogP contribution in [0.4, 0.5) is 0 Å². The number of ether oxygens (including phenoxy) is 1. The van der Waals surface area contributed by atoms with Crippen molar-refractivity contribution < 1.29 is 41.9 Å². The zero-order chi connectivity index (χ0) is 50.9. The normalized spacial score (nSPS) is 16.6. The van der Waals surface area contributed by atoms with Crippen LogP contribution < -0.4 is 15.9 Å². The van der Waals surface area contributed by atoms with Crippen molar-refractivity contribution in [2.75, 3.05) is 26.3 Å². The van der Waals surface area contributed by atoms with Gasteiger partial charge in [-0.15, -0.1) is 0 Å². The quantitative estimate of drug-likeness (QED) is 0.0527. The van der Waals surface area contributed by atoms with Crippen molar-refractivity contribution in [1.82, 2.24) is 9.80 Å². The van der Waals surface area contributed by atoms with Crippen LogP contribution >= 0.6 is 7.26 Å². The molecule has 0 saturated carbocycles. The Hall–Kier alpha value is -6.89. The number of amides is 4. The van der Waals surface area contributed by atoms with Gasteiger partial charge in [0.1, 0.15) is 0 Å². The molecule has 0 aromatic heterocycles. The number of hydrogen-bond acceptors (Lipinski definition) is 5. The maximum atomic E-state index is 15.5. The van der Waals surface area contributed by atoms with Gasteiger partial charge in [-0.25, -0.2) is 0 Å². The fourth-order valence-corrected chi connectivity index (χ4v) is 17.5. The second-order valence-electron chi connectivity index (χ2n) is 20.1. The minimum atomic E-state index is -2.91. The van der Waals surface area contributed by atoms with Gasteiger partial charge in [0.05, 0.1) is 0 Å². The Balaban J connectivity index is 1.42. The Morgan fingerprint density at radius 3 is 1.55 bits per heavy atom. The van der Waals surface area contributed by atoms with Gasteiger partial charge >= 0.3 is 419 Å². The first-order chi connectivity index (χ1) is 35.4. The topological polar surface area (TPSA) is 84.0 Å². The van der Waals surface area contributed by atoms with Crippen molar-refractivity contribution in [3.8, 4) is 4.37 Å². The van der Waals surface area contributed by atoms with Gasteiger partial charge in [0.2, 0.25) is 0 Å². The number of rotatable bonds is 12. The first kappa shape index (κ1) is 48.4. The molecule has 1 fully saturated rings. The van der Waals surface area contributed by atoms with E-state index in [2.05, 4.69) is 114 Å². The average molecular weight is 1150 g/mol. The van der Waals surface area contributed by atoms with E-state index in [1.807, 2.05) is 83.2 Å². The van der Waals surface area contributed by atoms with Gasteiger partial charge in [-0.2, -0.15) is 0 Å². The van der Waals surface area contributed by atoms with Crippen molar-refractivity contribution in [2.24, 2.45) is 11.8 Å². The Morgan fingerprint density at radius 2 is 1.07 bits per heavy atom. The van der Waals surface area contributed by atoms with E-state index >= 15 is 4.79 Å². The summed E-state index contributed by atoms with van der Waals surface area (Å²) < 4.78 is 10.2. The van der Waals surface area contributed by atoms with Crippen LogP contribution in [0.1, 0.15) is 101 Å². The number of allylic oxidation sites excluding steroid dienone is 5. The van der Waals surface area contributed by atoms with E-state index in [0.29, 0.717) is 52.8 Å². The molecule has 0 radical (unpaired) electrons. The second kappa shape index (κ2) is 19.2. The Bertz CT molecular complexity index is 3710. The number of benzene rings is 8. The molecule has 3 aliphatic heterocycles. The maximum absolute atomic E-state index is 15.5. The van der Waals surface area contributed by atoms with Gasteiger partial charge in [-0.05, 0) is 5.92 Å². The fourth-order valence-electron chi connectivity index (χ4n) is 11.7. The van der Waals surface area contributed by atoms with E-state index in [9.17, 15) is 14.4 Å². The van der Waals surface area contributed by atoms with E-state index in [1.165, 1.54) is 9.80 Å². The van der Waals surface area contributed by atoms with Crippen LogP contribution in [-0.2, 0) is 22.7 Å². The van der Waals surface area contributed by atoms with Gasteiger partial charge in [-0.3, -0.25) is 0 Å². The summed E-state index contributed by atoms with van der Waals surface area (Å²) in [6, 6.07) is 44.0. The molecule has 363 valence electrons. The van der Waals surface area contributed by atoms with E-state index in [-0.39, 0.29) is 42.0 Å². The molecule has 0 unspecified atom stereocenters. The number of fused-ring (bicyclic) bond motifs is 2. The third-order valence-corrected chi connectivity index (χ3v) is 19.9. The molecular weight excluding hydrogens is 1100 g/mol. The zero-order valence-corrected chi connectivity index (χ0v) is 45.3. The summed E-state index contributed by atoms with van der Waals surface area (Å²) in [7, 11) is -2.91. The SMILES string of the molecule is CC=Cc1cc2c3c(ccc4c5c(C(C=C6COCC6=CCC)=C([C]#[Os])[P+](c6ccccc6)(c6ccccc6)c6ccccc6)cc6c7c(ccc(c1c34)c75)C(=O)N(CC(C)C)C6=O)C(=O)N(CC(C)C)C2=O. The molecule has 11 rings (SSSR count). The Kier molecular flexibility index (Phi) is 12.7. The summed E-state index contributed by atoms with van der Waals surface area (Å²) in [5, 5.41) is 10.5. The van der Waals surface area contributed by atoms with Gasteiger partial charge in [0.15, 0.2) is 0 Å². The van der Waals surface area contributed by atoms with Crippen molar-refractivity contribution in [2.45, 2.75) is 48.0 Å². The van der Waals surface area contributed by atoms with Gasteiger partial charge < -0.3 is 0 Å². The third-order valence-electron chi connectivity index (χ3n) is 14.6. The molecule has 8 aromatic carbocycles. The molecule has 0 bridgehead atoms. The number of hydrogen-bond donors (Lipinski definition) is 0. The van der Waals surface area contributed by atoms with Crippen molar-refractivity contribution >= 4 is 102 Å². The molecule has 73 heavy (non-hydrogen) atoms. The van der Waals surface area contributed by atoms with Gasteiger partial charge in [-0.1, -0.05) is 13.8 Å². The predicted octanol–water partition coefficient (Wildman–Crippen LogP) is 12.8. The summed E-state index contributed by atoms with van der Waals surface area (Å²) in [6.45, 7) is 13.6.